The topological polar surface area (TPSA) is 90.4 Å². The quantitative estimate of drug-likeness (QED) is 0.636. The van der Waals surface area contributed by atoms with E-state index in [9.17, 15) is 4.79 Å². The van der Waals surface area contributed by atoms with E-state index in [-0.39, 0.29) is 0 Å². The molecule has 0 heterocycles. The lowest BCUT2D eigenvalue weighted by Crippen LogP contribution is -2.09. The first kappa shape index (κ1) is 16.8. The maximum Gasteiger partial charge on any atom is 0.207 e. The number of nitrogens with two attached hydrogens (primary N) is 2. The third-order valence-electron chi connectivity index (χ3n) is 1.55. The molecule has 5 nitrogen and oxygen atoms in total. The standard InChI is InChI=1S/C9H11NO2.2CH5N/c1-12-9-4-2-8(3-5-9)6-10-7-11;2*1-2/h2-5,7H,6H2,1H3,(H,10,11);2*2H2,1H3. The number of hydrogen-bond donors (Lipinski definition) is 3. The first-order valence-electron chi connectivity index (χ1n) is 4.82. The molecule has 0 atom stereocenters. The van der Waals surface area contributed by atoms with Gasteiger partial charge in [0.2, 0.25) is 6.41 Å². The van der Waals surface area contributed by atoms with E-state index in [1.165, 1.54) is 14.1 Å². The van der Waals surface area contributed by atoms with Gasteiger partial charge in [-0.05, 0) is 31.8 Å². The number of nitrogens with one attached hydrogen (secondary N) is 1. The van der Waals surface area contributed by atoms with E-state index in [2.05, 4.69) is 16.8 Å². The molecule has 0 aliphatic carbocycles. The van der Waals surface area contributed by atoms with Crippen LogP contribution in [0.1, 0.15) is 5.56 Å². The zero-order valence-electron chi connectivity index (χ0n) is 10.1. The lowest BCUT2D eigenvalue weighted by Gasteiger charge is -2.01. The van der Waals surface area contributed by atoms with E-state index in [1.807, 2.05) is 24.3 Å². The molecule has 0 saturated carbocycles. The van der Waals surface area contributed by atoms with Crippen molar-refractivity contribution in [1.29, 1.82) is 0 Å². The third kappa shape index (κ3) is 7.78. The van der Waals surface area contributed by atoms with Gasteiger partial charge in [0.1, 0.15) is 5.75 Å². The molecular formula is C11H21N3O2. The summed E-state index contributed by atoms with van der Waals surface area (Å²) in [6.07, 6.45) is 0.685. The molecule has 1 aromatic rings. The predicted molar refractivity (Wildman–Crippen MR) is 66.1 cm³/mol. The molecular weight excluding hydrogens is 206 g/mol. The molecule has 0 saturated heterocycles. The van der Waals surface area contributed by atoms with Crippen LogP contribution in [0.3, 0.4) is 0 Å². The molecule has 5 N–H and O–H groups in total. The molecule has 0 aliphatic heterocycles. The van der Waals surface area contributed by atoms with Gasteiger partial charge in [-0.15, -0.1) is 0 Å². The second kappa shape index (κ2) is 13.4. The average Bonchev–Trinajstić information content (AvgIpc) is 2.41. The molecule has 1 rings (SSSR count). The molecule has 0 bridgehead atoms. The van der Waals surface area contributed by atoms with Gasteiger partial charge in [-0.3, -0.25) is 4.79 Å². The predicted octanol–water partition coefficient (Wildman–Crippen LogP) is 0.0910. The molecule has 16 heavy (non-hydrogen) atoms. The summed E-state index contributed by atoms with van der Waals surface area (Å²) in [5.74, 6) is 0.824. The monoisotopic (exact) mass is 227 g/mol. The number of rotatable bonds is 4. The molecule has 1 aromatic carbocycles. The molecule has 92 valence electrons. The summed E-state index contributed by atoms with van der Waals surface area (Å²) in [6.45, 7) is 0.563. The summed E-state index contributed by atoms with van der Waals surface area (Å²) in [7, 11) is 4.62. The van der Waals surface area contributed by atoms with Crippen LogP contribution in [0.5, 0.6) is 5.75 Å². The van der Waals surface area contributed by atoms with Crippen molar-refractivity contribution >= 4 is 6.41 Å². The van der Waals surface area contributed by atoms with Crippen molar-refractivity contribution in [3.63, 3.8) is 0 Å². The lowest BCUT2D eigenvalue weighted by molar-refractivity contribution is -0.109. The second-order valence-electron chi connectivity index (χ2n) is 2.35. The number of carbonyl (C=O) groups excluding carboxylic acids is 1. The normalized spacial score (nSPS) is 7.56. The van der Waals surface area contributed by atoms with Crippen LogP contribution in [0.2, 0.25) is 0 Å². The molecule has 5 heteroatoms. The Balaban J connectivity index is 0. The molecule has 0 unspecified atom stereocenters. The number of methoxy groups -OCH3 is 1. The highest BCUT2D eigenvalue weighted by molar-refractivity contribution is 5.46. The van der Waals surface area contributed by atoms with E-state index in [4.69, 9.17) is 4.74 Å². The van der Waals surface area contributed by atoms with Gasteiger partial charge in [0.25, 0.3) is 0 Å². The Hall–Kier alpha value is -1.59. The number of benzene rings is 1. The highest BCUT2D eigenvalue weighted by Crippen LogP contribution is 2.10. The van der Waals surface area contributed by atoms with Crippen LogP contribution in [0, 0.1) is 0 Å². The van der Waals surface area contributed by atoms with Gasteiger partial charge in [-0.25, -0.2) is 0 Å². The zero-order chi connectivity index (χ0) is 12.8. The maximum absolute atomic E-state index is 9.97. The highest BCUT2D eigenvalue weighted by Gasteiger charge is 1.91. The van der Waals surface area contributed by atoms with Crippen molar-refractivity contribution < 1.29 is 9.53 Å². The van der Waals surface area contributed by atoms with Gasteiger partial charge in [-0.2, -0.15) is 0 Å². The van der Waals surface area contributed by atoms with Crippen molar-refractivity contribution in [2.24, 2.45) is 11.5 Å². The third-order valence-corrected chi connectivity index (χ3v) is 1.55. The van der Waals surface area contributed by atoms with E-state index in [0.717, 1.165) is 11.3 Å². The fourth-order valence-corrected chi connectivity index (χ4v) is 0.903. The SMILES string of the molecule is CN.CN.COc1ccc(CNC=O)cc1. The number of amides is 1. The zero-order valence-corrected chi connectivity index (χ0v) is 10.1. The summed E-state index contributed by atoms with van der Waals surface area (Å²) in [5, 5.41) is 2.58. The summed E-state index contributed by atoms with van der Waals surface area (Å²) < 4.78 is 4.98. The Bertz CT molecular complexity index is 250. The van der Waals surface area contributed by atoms with Crippen molar-refractivity contribution in [2.45, 2.75) is 6.54 Å². The molecule has 0 radical (unpaired) electrons. The van der Waals surface area contributed by atoms with Crippen molar-refractivity contribution in [1.82, 2.24) is 5.32 Å². The Kier molecular flexibility index (Phi) is 14.1. The van der Waals surface area contributed by atoms with Gasteiger partial charge in [0.05, 0.1) is 7.11 Å². The summed E-state index contributed by atoms with van der Waals surface area (Å²) in [6, 6.07) is 7.55. The highest BCUT2D eigenvalue weighted by atomic mass is 16.5. The molecule has 1 amide bonds. The van der Waals surface area contributed by atoms with Crippen LogP contribution in [0.15, 0.2) is 24.3 Å². The average molecular weight is 227 g/mol. The van der Waals surface area contributed by atoms with Crippen LogP contribution in [0.25, 0.3) is 0 Å². The van der Waals surface area contributed by atoms with E-state index < -0.39 is 0 Å². The summed E-state index contributed by atoms with van der Waals surface area (Å²) in [4.78, 5) is 9.97. The van der Waals surface area contributed by atoms with Gasteiger partial charge in [-0.1, -0.05) is 12.1 Å². The minimum atomic E-state index is 0.563. The lowest BCUT2D eigenvalue weighted by atomic mass is 10.2. The number of hydrogen-bond acceptors (Lipinski definition) is 4. The minimum Gasteiger partial charge on any atom is -0.497 e. The molecule has 0 fully saturated rings. The molecule has 0 aromatic heterocycles. The van der Waals surface area contributed by atoms with Gasteiger partial charge in [0.15, 0.2) is 0 Å². The van der Waals surface area contributed by atoms with Crippen molar-refractivity contribution in [3.05, 3.63) is 29.8 Å². The fourth-order valence-electron chi connectivity index (χ4n) is 0.903. The molecule has 0 spiro atoms. The van der Waals surface area contributed by atoms with E-state index in [0.29, 0.717) is 13.0 Å². The smallest absolute Gasteiger partial charge is 0.207 e. The Morgan fingerprint density at radius 2 is 1.69 bits per heavy atom. The largest absolute Gasteiger partial charge is 0.497 e. The Morgan fingerprint density at radius 1 is 1.19 bits per heavy atom. The van der Waals surface area contributed by atoms with Crippen LogP contribution in [0.4, 0.5) is 0 Å². The van der Waals surface area contributed by atoms with Crippen LogP contribution >= 0.6 is 0 Å². The Labute approximate surface area is 96.8 Å². The van der Waals surface area contributed by atoms with E-state index in [1.54, 1.807) is 7.11 Å². The minimum absolute atomic E-state index is 0.563. The number of ether oxygens (including phenoxy) is 1. The second-order valence-corrected chi connectivity index (χ2v) is 2.35. The maximum atomic E-state index is 9.97. The van der Waals surface area contributed by atoms with E-state index >= 15 is 0 Å². The Morgan fingerprint density at radius 3 is 2.06 bits per heavy atom. The van der Waals surface area contributed by atoms with Crippen molar-refractivity contribution in [2.75, 3.05) is 21.2 Å². The van der Waals surface area contributed by atoms with Crippen LogP contribution < -0.4 is 21.5 Å². The number of carbonyl (C=O) groups is 1. The van der Waals surface area contributed by atoms with Crippen LogP contribution in [-0.2, 0) is 11.3 Å². The first-order valence-corrected chi connectivity index (χ1v) is 4.82. The summed E-state index contributed by atoms with van der Waals surface area (Å²) >= 11 is 0. The fraction of sp³-hybridized carbons (Fsp3) is 0.364. The van der Waals surface area contributed by atoms with Gasteiger partial charge >= 0.3 is 0 Å². The van der Waals surface area contributed by atoms with Gasteiger partial charge in [0, 0.05) is 6.54 Å². The first-order chi connectivity index (χ1) is 7.86. The van der Waals surface area contributed by atoms with Gasteiger partial charge < -0.3 is 21.5 Å². The van der Waals surface area contributed by atoms with Crippen LogP contribution in [-0.4, -0.2) is 27.6 Å². The van der Waals surface area contributed by atoms with Crippen molar-refractivity contribution in [3.8, 4) is 5.75 Å². The molecule has 0 aliphatic rings. The summed E-state index contributed by atoms with van der Waals surface area (Å²) in [5.41, 5.74) is 10.1.